The summed E-state index contributed by atoms with van der Waals surface area (Å²) >= 11 is 0. The SMILES string of the molecule is CC(c1nnc(-c2ccccc2)o1)N1CCC(NC(=O)c2ccccc2)CC1. The normalized spacial score (nSPS) is 16.6. The number of hydrogen-bond acceptors (Lipinski definition) is 5. The third-order valence-electron chi connectivity index (χ3n) is 5.27. The minimum Gasteiger partial charge on any atom is -0.419 e. The quantitative estimate of drug-likeness (QED) is 0.735. The number of nitrogens with zero attached hydrogens (tertiary/aromatic N) is 3. The molecule has 1 aromatic heterocycles. The predicted octanol–water partition coefficient (Wildman–Crippen LogP) is 3.69. The molecule has 1 N–H and O–H groups in total. The monoisotopic (exact) mass is 376 g/mol. The summed E-state index contributed by atoms with van der Waals surface area (Å²) in [6.45, 7) is 3.85. The lowest BCUT2D eigenvalue weighted by molar-refractivity contribution is 0.0885. The Bertz CT molecular complexity index is 903. The van der Waals surface area contributed by atoms with E-state index >= 15 is 0 Å². The van der Waals surface area contributed by atoms with Crippen LogP contribution in [0.2, 0.25) is 0 Å². The van der Waals surface area contributed by atoms with Crippen LogP contribution >= 0.6 is 0 Å². The Balaban J connectivity index is 1.32. The highest BCUT2D eigenvalue weighted by Crippen LogP contribution is 2.26. The Labute approximate surface area is 164 Å². The molecule has 0 spiro atoms. The first-order chi connectivity index (χ1) is 13.7. The zero-order valence-corrected chi connectivity index (χ0v) is 15.9. The number of carbonyl (C=O) groups excluding carboxylic acids is 1. The molecular formula is C22H24N4O2. The Morgan fingerprint density at radius 2 is 1.68 bits per heavy atom. The maximum Gasteiger partial charge on any atom is 0.251 e. The van der Waals surface area contributed by atoms with Crippen LogP contribution in [0.5, 0.6) is 0 Å². The van der Waals surface area contributed by atoms with Crippen molar-refractivity contribution in [2.24, 2.45) is 0 Å². The molecule has 1 amide bonds. The number of carbonyl (C=O) groups is 1. The second-order valence-corrected chi connectivity index (χ2v) is 7.14. The van der Waals surface area contributed by atoms with Gasteiger partial charge in [0.1, 0.15) is 0 Å². The molecule has 1 unspecified atom stereocenters. The number of hydrogen-bond donors (Lipinski definition) is 1. The molecule has 0 aliphatic carbocycles. The molecule has 28 heavy (non-hydrogen) atoms. The fourth-order valence-electron chi connectivity index (χ4n) is 3.55. The van der Waals surface area contributed by atoms with Gasteiger partial charge >= 0.3 is 0 Å². The first kappa shape index (κ1) is 18.4. The largest absolute Gasteiger partial charge is 0.419 e. The van der Waals surface area contributed by atoms with Crippen LogP contribution in [0.1, 0.15) is 42.1 Å². The highest BCUT2D eigenvalue weighted by atomic mass is 16.4. The van der Waals surface area contributed by atoms with Crippen molar-refractivity contribution in [3.05, 3.63) is 72.1 Å². The molecule has 3 aromatic rings. The van der Waals surface area contributed by atoms with Crippen LogP contribution < -0.4 is 5.32 Å². The highest BCUT2D eigenvalue weighted by Gasteiger charge is 2.27. The number of piperidine rings is 1. The molecular weight excluding hydrogens is 352 g/mol. The summed E-state index contributed by atoms with van der Waals surface area (Å²) in [6.07, 6.45) is 1.81. The third-order valence-corrected chi connectivity index (χ3v) is 5.27. The minimum absolute atomic E-state index is 0.00324. The Morgan fingerprint density at radius 3 is 2.36 bits per heavy atom. The summed E-state index contributed by atoms with van der Waals surface area (Å²) in [5.74, 6) is 1.18. The van der Waals surface area contributed by atoms with Gasteiger partial charge in [0.15, 0.2) is 0 Å². The number of amides is 1. The molecule has 144 valence electrons. The molecule has 4 rings (SSSR count). The van der Waals surface area contributed by atoms with Crippen LogP contribution in [0.3, 0.4) is 0 Å². The van der Waals surface area contributed by atoms with Gasteiger partial charge in [0.25, 0.3) is 5.91 Å². The molecule has 1 fully saturated rings. The fraction of sp³-hybridized carbons (Fsp3) is 0.318. The molecule has 0 saturated carbocycles. The van der Waals surface area contributed by atoms with E-state index < -0.39 is 0 Å². The first-order valence-corrected chi connectivity index (χ1v) is 9.69. The van der Waals surface area contributed by atoms with Crippen molar-refractivity contribution in [2.45, 2.75) is 31.8 Å². The van der Waals surface area contributed by atoms with Gasteiger partial charge in [0.2, 0.25) is 11.8 Å². The van der Waals surface area contributed by atoms with E-state index in [2.05, 4.69) is 27.3 Å². The van der Waals surface area contributed by atoms with Crippen molar-refractivity contribution >= 4 is 5.91 Å². The lowest BCUT2D eigenvalue weighted by atomic mass is 10.0. The van der Waals surface area contributed by atoms with Gasteiger partial charge in [-0.05, 0) is 44.0 Å². The van der Waals surface area contributed by atoms with Gasteiger partial charge in [0.05, 0.1) is 6.04 Å². The smallest absolute Gasteiger partial charge is 0.251 e. The van der Waals surface area contributed by atoms with Crippen LogP contribution in [0.15, 0.2) is 65.1 Å². The van der Waals surface area contributed by atoms with Gasteiger partial charge in [-0.2, -0.15) is 0 Å². The minimum atomic E-state index is -0.00324. The van der Waals surface area contributed by atoms with Gasteiger partial charge in [-0.1, -0.05) is 36.4 Å². The summed E-state index contributed by atoms with van der Waals surface area (Å²) in [6, 6.07) is 19.4. The lowest BCUT2D eigenvalue weighted by Gasteiger charge is -2.34. The average molecular weight is 376 g/mol. The fourth-order valence-corrected chi connectivity index (χ4v) is 3.55. The van der Waals surface area contributed by atoms with E-state index in [0.717, 1.165) is 31.5 Å². The molecule has 0 radical (unpaired) electrons. The summed E-state index contributed by atoms with van der Waals surface area (Å²) in [5.41, 5.74) is 1.63. The molecule has 2 heterocycles. The molecule has 1 aliphatic rings. The summed E-state index contributed by atoms with van der Waals surface area (Å²) in [7, 11) is 0. The van der Waals surface area contributed by atoms with Crippen LogP contribution in [0.4, 0.5) is 0 Å². The zero-order valence-electron chi connectivity index (χ0n) is 15.9. The second-order valence-electron chi connectivity index (χ2n) is 7.14. The number of aromatic nitrogens is 2. The number of rotatable bonds is 5. The van der Waals surface area contributed by atoms with E-state index in [4.69, 9.17) is 4.42 Å². The topological polar surface area (TPSA) is 71.3 Å². The van der Waals surface area contributed by atoms with Crippen molar-refractivity contribution in [1.29, 1.82) is 0 Å². The summed E-state index contributed by atoms with van der Waals surface area (Å²) in [5, 5.41) is 11.6. The average Bonchev–Trinajstić information content (AvgIpc) is 3.25. The van der Waals surface area contributed by atoms with Crippen LogP contribution in [-0.2, 0) is 0 Å². The van der Waals surface area contributed by atoms with Crippen molar-refractivity contribution < 1.29 is 9.21 Å². The van der Waals surface area contributed by atoms with Gasteiger partial charge in [-0.25, -0.2) is 0 Å². The van der Waals surface area contributed by atoms with Crippen LogP contribution in [-0.4, -0.2) is 40.1 Å². The second kappa shape index (κ2) is 8.35. The first-order valence-electron chi connectivity index (χ1n) is 9.69. The van der Waals surface area contributed by atoms with E-state index in [0.29, 0.717) is 17.3 Å². The van der Waals surface area contributed by atoms with E-state index in [1.807, 2.05) is 60.7 Å². The summed E-state index contributed by atoms with van der Waals surface area (Å²) in [4.78, 5) is 14.7. The van der Waals surface area contributed by atoms with Gasteiger partial charge in [-0.3, -0.25) is 9.69 Å². The molecule has 6 heteroatoms. The molecule has 6 nitrogen and oxygen atoms in total. The maximum absolute atomic E-state index is 12.3. The van der Waals surface area contributed by atoms with E-state index in [1.165, 1.54) is 0 Å². The van der Waals surface area contributed by atoms with Gasteiger partial charge in [-0.15, -0.1) is 10.2 Å². The Morgan fingerprint density at radius 1 is 1.04 bits per heavy atom. The maximum atomic E-state index is 12.3. The van der Waals surface area contributed by atoms with Crippen molar-refractivity contribution in [1.82, 2.24) is 20.4 Å². The lowest BCUT2D eigenvalue weighted by Crippen LogP contribution is -2.45. The number of benzene rings is 2. The van der Waals surface area contributed by atoms with Crippen molar-refractivity contribution in [3.8, 4) is 11.5 Å². The molecule has 0 bridgehead atoms. The van der Waals surface area contributed by atoms with Crippen LogP contribution in [0.25, 0.3) is 11.5 Å². The number of likely N-dealkylation sites (tertiary alicyclic amines) is 1. The standard InChI is InChI=1S/C22H24N4O2/c1-16(21-24-25-22(28-21)18-10-6-3-7-11-18)26-14-12-19(13-15-26)23-20(27)17-8-4-2-5-9-17/h2-11,16,19H,12-15H2,1H3,(H,23,27). The highest BCUT2D eigenvalue weighted by molar-refractivity contribution is 5.94. The Kier molecular flexibility index (Phi) is 5.48. The molecule has 1 saturated heterocycles. The molecule has 1 atom stereocenters. The van der Waals surface area contributed by atoms with Crippen LogP contribution in [0, 0.1) is 0 Å². The molecule has 2 aromatic carbocycles. The third kappa shape index (κ3) is 4.12. The molecule has 1 aliphatic heterocycles. The number of nitrogens with one attached hydrogen (secondary N) is 1. The van der Waals surface area contributed by atoms with Gasteiger partial charge < -0.3 is 9.73 Å². The van der Waals surface area contributed by atoms with Crippen molar-refractivity contribution in [2.75, 3.05) is 13.1 Å². The zero-order chi connectivity index (χ0) is 19.3. The van der Waals surface area contributed by atoms with E-state index in [1.54, 1.807) is 0 Å². The predicted molar refractivity (Wildman–Crippen MR) is 107 cm³/mol. The Hall–Kier alpha value is -2.99. The van der Waals surface area contributed by atoms with Crippen molar-refractivity contribution in [3.63, 3.8) is 0 Å². The summed E-state index contributed by atoms with van der Waals surface area (Å²) < 4.78 is 5.90. The van der Waals surface area contributed by atoms with E-state index in [9.17, 15) is 4.79 Å². The van der Waals surface area contributed by atoms with E-state index in [-0.39, 0.29) is 18.0 Å². The van der Waals surface area contributed by atoms with Gasteiger partial charge in [0, 0.05) is 30.3 Å².